The van der Waals surface area contributed by atoms with E-state index in [4.69, 9.17) is 4.52 Å². The molecule has 1 amide bonds. The van der Waals surface area contributed by atoms with Crippen molar-refractivity contribution in [3.05, 3.63) is 29.3 Å². The summed E-state index contributed by atoms with van der Waals surface area (Å²) in [7, 11) is -3.52. The highest BCUT2D eigenvalue weighted by Gasteiger charge is 2.34. The average Bonchev–Trinajstić information content (AvgIpc) is 3.19. The summed E-state index contributed by atoms with van der Waals surface area (Å²) in [5.41, 5.74) is 0.672. The van der Waals surface area contributed by atoms with E-state index in [1.165, 1.54) is 15.6 Å². The van der Waals surface area contributed by atoms with E-state index < -0.39 is 15.9 Å². The third-order valence-electron chi connectivity index (χ3n) is 3.72. The maximum Gasteiger partial charge on any atom is 0.252 e. The molecule has 0 bridgehead atoms. The molecule has 1 N–H and O–H groups in total. The van der Waals surface area contributed by atoms with Crippen LogP contribution in [0.4, 0.5) is 5.88 Å². The lowest BCUT2D eigenvalue weighted by Gasteiger charge is -2.30. The number of piperidine rings is 1. The summed E-state index contributed by atoms with van der Waals surface area (Å²) in [5, 5.41) is 8.09. The Hall–Kier alpha value is -1.71. The molecule has 1 unspecified atom stereocenters. The van der Waals surface area contributed by atoms with Crippen LogP contribution in [-0.2, 0) is 14.8 Å². The highest BCUT2D eigenvalue weighted by atomic mass is 32.2. The summed E-state index contributed by atoms with van der Waals surface area (Å²) in [6.07, 6.45) is 1.30. The van der Waals surface area contributed by atoms with Crippen LogP contribution in [0.1, 0.15) is 18.5 Å². The van der Waals surface area contributed by atoms with Gasteiger partial charge in [0.25, 0.3) is 10.0 Å². The van der Waals surface area contributed by atoms with Crippen molar-refractivity contribution in [2.24, 2.45) is 5.92 Å². The van der Waals surface area contributed by atoms with Gasteiger partial charge in [0.05, 0.1) is 11.6 Å². The molecule has 1 atom stereocenters. The van der Waals surface area contributed by atoms with Crippen LogP contribution in [0, 0.1) is 12.8 Å². The second kappa shape index (κ2) is 6.42. The number of carbonyl (C=O) groups excluding carboxylic acids is 1. The van der Waals surface area contributed by atoms with Crippen LogP contribution >= 0.6 is 11.3 Å². The van der Waals surface area contributed by atoms with E-state index in [2.05, 4.69) is 10.5 Å². The SMILES string of the molecule is Cc1cc(NC(=O)C2CCCN(S(=O)(=O)c3cccs3)C2)on1. The van der Waals surface area contributed by atoms with Crippen molar-refractivity contribution in [1.82, 2.24) is 9.46 Å². The van der Waals surface area contributed by atoms with E-state index in [1.807, 2.05) is 0 Å². The Kier molecular flexibility index (Phi) is 4.51. The molecule has 1 fully saturated rings. The maximum absolute atomic E-state index is 12.6. The van der Waals surface area contributed by atoms with E-state index in [9.17, 15) is 13.2 Å². The first-order valence-corrected chi connectivity index (χ1v) is 9.56. The van der Waals surface area contributed by atoms with Gasteiger partial charge in [-0.25, -0.2) is 8.42 Å². The van der Waals surface area contributed by atoms with Crippen molar-refractivity contribution >= 4 is 33.2 Å². The zero-order valence-electron chi connectivity index (χ0n) is 12.6. The predicted molar refractivity (Wildman–Crippen MR) is 85.7 cm³/mol. The summed E-state index contributed by atoms with van der Waals surface area (Å²) in [6.45, 7) is 2.37. The van der Waals surface area contributed by atoms with Crippen LogP contribution in [0.15, 0.2) is 32.3 Å². The molecule has 0 aromatic carbocycles. The summed E-state index contributed by atoms with van der Waals surface area (Å²) in [5.74, 6) is -0.359. The molecule has 7 nitrogen and oxygen atoms in total. The summed E-state index contributed by atoms with van der Waals surface area (Å²) in [6, 6.07) is 4.92. The van der Waals surface area contributed by atoms with Gasteiger partial charge in [0.15, 0.2) is 0 Å². The number of hydrogen-bond donors (Lipinski definition) is 1. The van der Waals surface area contributed by atoms with Gasteiger partial charge in [-0.15, -0.1) is 11.3 Å². The molecule has 23 heavy (non-hydrogen) atoms. The van der Waals surface area contributed by atoms with Crippen molar-refractivity contribution in [1.29, 1.82) is 0 Å². The standard InChI is InChI=1S/C14H17N3O4S2/c1-10-8-12(21-16-10)15-14(18)11-4-2-6-17(9-11)23(19,20)13-5-3-7-22-13/h3,5,7-8,11H,2,4,6,9H2,1H3,(H,15,18). The van der Waals surface area contributed by atoms with E-state index >= 15 is 0 Å². The molecule has 124 valence electrons. The lowest BCUT2D eigenvalue weighted by Crippen LogP contribution is -2.43. The van der Waals surface area contributed by atoms with E-state index in [0.29, 0.717) is 29.3 Å². The highest BCUT2D eigenvalue weighted by Crippen LogP contribution is 2.27. The van der Waals surface area contributed by atoms with Crippen LogP contribution in [0.25, 0.3) is 0 Å². The van der Waals surface area contributed by atoms with Gasteiger partial charge in [0.2, 0.25) is 11.8 Å². The van der Waals surface area contributed by atoms with Gasteiger partial charge in [-0.05, 0) is 31.2 Å². The molecule has 0 radical (unpaired) electrons. The van der Waals surface area contributed by atoms with Gasteiger partial charge in [-0.1, -0.05) is 11.2 Å². The van der Waals surface area contributed by atoms with Gasteiger partial charge < -0.3 is 4.52 Å². The number of amides is 1. The zero-order chi connectivity index (χ0) is 16.4. The molecule has 0 saturated carbocycles. The molecule has 3 heterocycles. The minimum absolute atomic E-state index is 0.180. The second-order valence-corrected chi connectivity index (χ2v) is 8.57. The van der Waals surface area contributed by atoms with Crippen LogP contribution in [0.3, 0.4) is 0 Å². The van der Waals surface area contributed by atoms with Gasteiger partial charge in [-0.3, -0.25) is 10.1 Å². The number of sulfonamides is 1. The third-order valence-corrected chi connectivity index (χ3v) is 6.96. The molecule has 9 heteroatoms. The van der Waals surface area contributed by atoms with E-state index in [0.717, 1.165) is 0 Å². The zero-order valence-corrected chi connectivity index (χ0v) is 14.2. The summed E-state index contributed by atoms with van der Waals surface area (Å²) >= 11 is 1.19. The number of anilines is 1. The van der Waals surface area contributed by atoms with Crippen molar-refractivity contribution < 1.29 is 17.7 Å². The fourth-order valence-corrected chi connectivity index (χ4v) is 5.23. The molecule has 2 aromatic rings. The Labute approximate surface area is 138 Å². The molecule has 0 spiro atoms. The Morgan fingerprint density at radius 1 is 1.52 bits per heavy atom. The molecule has 0 aliphatic carbocycles. The van der Waals surface area contributed by atoms with E-state index in [-0.39, 0.29) is 18.3 Å². The fraction of sp³-hybridized carbons (Fsp3) is 0.429. The number of rotatable bonds is 4. The molecule has 1 aliphatic rings. The second-order valence-electron chi connectivity index (χ2n) is 5.46. The summed E-state index contributed by atoms with van der Waals surface area (Å²) < 4.78 is 31.8. The smallest absolute Gasteiger partial charge is 0.252 e. The number of aryl methyl sites for hydroxylation is 1. The van der Waals surface area contributed by atoms with Crippen LogP contribution < -0.4 is 5.32 Å². The molecular weight excluding hydrogens is 338 g/mol. The minimum atomic E-state index is -3.52. The quantitative estimate of drug-likeness (QED) is 0.906. The van der Waals surface area contributed by atoms with Gasteiger partial charge in [0.1, 0.15) is 4.21 Å². The first-order valence-electron chi connectivity index (χ1n) is 7.24. The van der Waals surface area contributed by atoms with Crippen LogP contribution in [0.2, 0.25) is 0 Å². The first kappa shape index (κ1) is 16.2. The van der Waals surface area contributed by atoms with Crippen molar-refractivity contribution in [3.63, 3.8) is 0 Å². The van der Waals surface area contributed by atoms with Crippen LogP contribution in [0.5, 0.6) is 0 Å². The van der Waals surface area contributed by atoms with Crippen molar-refractivity contribution in [2.75, 3.05) is 18.4 Å². The average molecular weight is 355 g/mol. The largest absolute Gasteiger partial charge is 0.338 e. The molecule has 3 rings (SSSR count). The minimum Gasteiger partial charge on any atom is -0.338 e. The molecule has 1 aliphatic heterocycles. The van der Waals surface area contributed by atoms with Crippen LogP contribution in [-0.4, -0.2) is 36.9 Å². The lowest BCUT2D eigenvalue weighted by molar-refractivity contribution is -0.121. The normalized spacial score (nSPS) is 19.6. The number of nitrogens with zero attached hydrogens (tertiary/aromatic N) is 2. The molecule has 2 aromatic heterocycles. The maximum atomic E-state index is 12.6. The predicted octanol–water partition coefficient (Wildman–Crippen LogP) is 2.08. The number of aromatic nitrogens is 1. The number of hydrogen-bond acceptors (Lipinski definition) is 6. The van der Waals surface area contributed by atoms with Gasteiger partial charge in [0, 0.05) is 19.2 Å². The number of thiophene rings is 1. The third kappa shape index (κ3) is 3.46. The van der Waals surface area contributed by atoms with Gasteiger partial charge >= 0.3 is 0 Å². The highest BCUT2D eigenvalue weighted by molar-refractivity contribution is 7.91. The first-order chi connectivity index (χ1) is 11.0. The fourth-order valence-electron chi connectivity index (χ4n) is 2.56. The summed E-state index contributed by atoms with van der Waals surface area (Å²) in [4.78, 5) is 12.3. The van der Waals surface area contributed by atoms with Gasteiger partial charge in [-0.2, -0.15) is 4.31 Å². The topological polar surface area (TPSA) is 92.5 Å². The van der Waals surface area contributed by atoms with Crippen molar-refractivity contribution in [2.45, 2.75) is 24.0 Å². The number of carbonyl (C=O) groups is 1. The monoisotopic (exact) mass is 355 g/mol. The Balaban J connectivity index is 1.69. The Morgan fingerprint density at radius 2 is 2.35 bits per heavy atom. The molecular formula is C14H17N3O4S2. The number of nitrogens with one attached hydrogen (secondary N) is 1. The van der Waals surface area contributed by atoms with Crippen molar-refractivity contribution in [3.8, 4) is 0 Å². The Bertz CT molecular complexity index is 783. The lowest BCUT2D eigenvalue weighted by atomic mass is 9.99. The van der Waals surface area contributed by atoms with E-state index in [1.54, 1.807) is 30.5 Å². The molecule has 1 saturated heterocycles. The Morgan fingerprint density at radius 3 is 3.00 bits per heavy atom.